The Balaban J connectivity index is 2.36. The summed E-state index contributed by atoms with van der Waals surface area (Å²) in [4.78, 5) is 15.0. The molecule has 0 unspecified atom stereocenters. The molecule has 1 aromatic heterocycles. The maximum Gasteiger partial charge on any atom is 0.314 e. The highest BCUT2D eigenvalue weighted by atomic mass is 16.4. The summed E-state index contributed by atoms with van der Waals surface area (Å²) in [5, 5.41) is 9.00. The van der Waals surface area contributed by atoms with Crippen molar-refractivity contribution in [1.82, 2.24) is 4.98 Å². The van der Waals surface area contributed by atoms with E-state index in [9.17, 15) is 4.79 Å². The van der Waals surface area contributed by atoms with Gasteiger partial charge < -0.3 is 5.11 Å². The molecule has 0 spiro atoms. The van der Waals surface area contributed by atoms with Gasteiger partial charge in [-0.3, -0.25) is 9.78 Å². The van der Waals surface area contributed by atoms with Crippen LogP contribution in [0.25, 0.3) is 0 Å². The minimum atomic E-state index is -0.724. The molecule has 1 aliphatic rings. The number of aliphatic carboxylic acids is 1. The zero-order valence-corrected chi connectivity index (χ0v) is 7.45. The lowest BCUT2D eigenvalue weighted by Crippen LogP contribution is -2.19. The Labute approximate surface area is 76.4 Å². The molecule has 3 nitrogen and oxygen atoms in total. The van der Waals surface area contributed by atoms with Crippen molar-refractivity contribution in [2.75, 3.05) is 0 Å². The van der Waals surface area contributed by atoms with Gasteiger partial charge in [-0.25, -0.2) is 0 Å². The second-order valence-electron chi connectivity index (χ2n) is 3.58. The summed E-state index contributed by atoms with van der Waals surface area (Å²) >= 11 is 0. The highest BCUT2D eigenvalue weighted by Crippen LogP contribution is 2.48. The first-order valence-corrected chi connectivity index (χ1v) is 4.32. The quantitative estimate of drug-likeness (QED) is 0.744. The Hall–Kier alpha value is -1.38. The molecule has 0 aromatic carbocycles. The summed E-state index contributed by atoms with van der Waals surface area (Å²) in [6, 6.07) is 3.72. The molecular weight excluding hydrogens is 166 g/mol. The van der Waals surface area contributed by atoms with E-state index in [1.54, 1.807) is 6.20 Å². The topological polar surface area (TPSA) is 50.2 Å². The van der Waals surface area contributed by atoms with Gasteiger partial charge >= 0.3 is 5.97 Å². The molecule has 68 valence electrons. The van der Waals surface area contributed by atoms with Gasteiger partial charge in [0.1, 0.15) is 0 Å². The number of hydrogen-bond acceptors (Lipinski definition) is 2. The fourth-order valence-corrected chi connectivity index (χ4v) is 1.50. The average Bonchev–Trinajstić information content (AvgIpc) is 2.86. The summed E-state index contributed by atoms with van der Waals surface area (Å²) in [5.41, 5.74) is 1.15. The van der Waals surface area contributed by atoms with E-state index in [1.165, 1.54) is 0 Å². The van der Waals surface area contributed by atoms with Crippen molar-refractivity contribution in [3.05, 3.63) is 29.6 Å². The molecule has 0 atom stereocenters. The molecule has 1 aromatic rings. The van der Waals surface area contributed by atoms with Gasteiger partial charge in [-0.15, -0.1) is 0 Å². The normalized spacial score (nSPS) is 18.2. The van der Waals surface area contributed by atoms with Gasteiger partial charge in [0.2, 0.25) is 0 Å². The molecule has 13 heavy (non-hydrogen) atoms. The largest absolute Gasteiger partial charge is 0.481 e. The van der Waals surface area contributed by atoms with Gasteiger partial charge in [-0.1, -0.05) is 6.07 Å². The molecule has 1 aliphatic carbocycles. The lowest BCUT2D eigenvalue weighted by atomic mass is 9.98. The maximum atomic E-state index is 10.9. The number of nitrogens with zero attached hydrogens (tertiary/aromatic N) is 1. The summed E-state index contributed by atoms with van der Waals surface area (Å²) in [7, 11) is 0. The summed E-state index contributed by atoms with van der Waals surface area (Å²) in [6.45, 7) is 1.89. The number of pyridine rings is 1. The van der Waals surface area contributed by atoms with Gasteiger partial charge in [-0.05, 0) is 31.4 Å². The minimum Gasteiger partial charge on any atom is -0.481 e. The fraction of sp³-hybridized carbons (Fsp3) is 0.400. The van der Waals surface area contributed by atoms with Gasteiger partial charge in [0.05, 0.1) is 5.41 Å². The van der Waals surface area contributed by atoms with E-state index in [0.29, 0.717) is 0 Å². The van der Waals surface area contributed by atoms with Gasteiger partial charge in [0.15, 0.2) is 0 Å². The van der Waals surface area contributed by atoms with Crippen molar-refractivity contribution in [3.8, 4) is 0 Å². The molecule has 1 fully saturated rings. The Bertz CT molecular complexity index is 338. The second kappa shape index (κ2) is 2.55. The third kappa shape index (κ3) is 1.20. The highest BCUT2D eigenvalue weighted by Gasteiger charge is 2.51. The molecule has 1 heterocycles. The maximum absolute atomic E-state index is 10.9. The van der Waals surface area contributed by atoms with Crippen LogP contribution in [0.1, 0.15) is 24.1 Å². The predicted octanol–water partition coefficient (Wildman–Crippen LogP) is 1.51. The van der Waals surface area contributed by atoms with E-state index >= 15 is 0 Å². The average molecular weight is 177 g/mol. The number of rotatable bonds is 2. The molecule has 3 heteroatoms. The number of hydrogen-bond donors (Lipinski definition) is 1. The van der Waals surface area contributed by atoms with Crippen LogP contribution in [0.4, 0.5) is 0 Å². The first-order valence-electron chi connectivity index (χ1n) is 4.32. The lowest BCUT2D eigenvalue weighted by Gasteiger charge is -2.08. The Morgan fingerprint density at radius 1 is 1.54 bits per heavy atom. The summed E-state index contributed by atoms with van der Waals surface area (Å²) < 4.78 is 0. The van der Waals surface area contributed by atoms with Crippen LogP contribution in [-0.4, -0.2) is 16.1 Å². The van der Waals surface area contributed by atoms with Crippen LogP contribution in [0.2, 0.25) is 0 Å². The third-order valence-electron chi connectivity index (χ3n) is 2.62. The van der Waals surface area contributed by atoms with Crippen LogP contribution in [0, 0.1) is 6.92 Å². The van der Waals surface area contributed by atoms with E-state index in [-0.39, 0.29) is 0 Å². The van der Waals surface area contributed by atoms with Crippen LogP contribution >= 0.6 is 0 Å². The van der Waals surface area contributed by atoms with E-state index < -0.39 is 11.4 Å². The van der Waals surface area contributed by atoms with Crippen LogP contribution < -0.4 is 0 Å². The van der Waals surface area contributed by atoms with E-state index in [2.05, 4.69) is 4.98 Å². The van der Waals surface area contributed by atoms with E-state index in [4.69, 9.17) is 5.11 Å². The van der Waals surface area contributed by atoms with E-state index in [0.717, 1.165) is 24.1 Å². The van der Waals surface area contributed by atoms with Gasteiger partial charge in [0, 0.05) is 11.9 Å². The van der Waals surface area contributed by atoms with Crippen molar-refractivity contribution in [2.45, 2.75) is 25.2 Å². The minimum absolute atomic E-state index is 0.610. The Morgan fingerprint density at radius 3 is 2.62 bits per heavy atom. The van der Waals surface area contributed by atoms with Crippen molar-refractivity contribution in [3.63, 3.8) is 0 Å². The number of aromatic nitrogens is 1. The van der Waals surface area contributed by atoms with Crippen LogP contribution in [0.15, 0.2) is 18.3 Å². The first kappa shape index (κ1) is 8.23. The third-order valence-corrected chi connectivity index (χ3v) is 2.62. The first-order chi connectivity index (χ1) is 6.15. The summed E-state index contributed by atoms with van der Waals surface area (Å²) in [5.74, 6) is -0.724. The van der Waals surface area contributed by atoms with Crippen LogP contribution in [0.3, 0.4) is 0 Å². The molecule has 2 rings (SSSR count). The zero-order valence-electron chi connectivity index (χ0n) is 7.45. The molecule has 0 saturated heterocycles. The number of carboxylic acid groups (broad SMARTS) is 1. The molecule has 0 aliphatic heterocycles. The van der Waals surface area contributed by atoms with Crippen molar-refractivity contribution >= 4 is 5.97 Å². The molecule has 0 bridgehead atoms. The fourth-order valence-electron chi connectivity index (χ4n) is 1.50. The van der Waals surface area contributed by atoms with Crippen LogP contribution in [0.5, 0.6) is 0 Å². The zero-order chi connectivity index (χ0) is 9.47. The molecule has 0 radical (unpaired) electrons. The van der Waals surface area contributed by atoms with Crippen molar-refractivity contribution in [1.29, 1.82) is 0 Å². The monoisotopic (exact) mass is 177 g/mol. The van der Waals surface area contributed by atoms with Gasteiger partial charge in [0.25, 0.3) is 0 Å². The SMILES string of the molecule is Cc1ccc(C2(C(=O)O)CC2)cn1. The second-order valence-corrected chi connectivity index (χ2v) is 3.58. The Morgan fingerprint density at radius 2 is 2.23 bits per heavy atom. The standard InChI is InChI=1S/C10H11NO2/c1-7-2-3-8(6-11-7)10(4-5-10)9(12)13/h2-3,6H,4-5H2,1H3,(H,12,13). The number of carbonyl (C=O) groups is 1. The predicted molar refractivity (Wildman–Crippen MR) is 47.5 cm³/mol. The molecule has 0 amide bonds. The summed E-state index contributed by atoms with van der Waals surface area (Å²) in [6.07, 6.45) is 3.16. The highest BCUT2D eigenvalue weighted by molar-refractivity contribution is 5.84. The lowest BCUT2D eigenvalue weighted by molar-refractivity contribution is -0.140. The van der Waals surface area contributed by atoms with Crippen molar-refractivity contribution in [2.24, 2.45) is 0 Å². The van der Waals surface area contributed by atoms with E-state index in [1.807, 2.05) is 19.1 Å². The number of aryl methyl sites for hydroxylation is 1. The molecule has 1 saturated carbocycles. The smallest absolute Gasteiger partial charge is 0.314 e. The van der Waals surface area contributed by atoms with Gasteiger partial charge in [-0.2, -0.15) is 0 Å². The van der Waals surface area contributed by atoms with Crippen molar-refractivity contribution < 1.29 is 9.90 Å². The van der Waals surface area contributed by atoms with Crippen LogP contribution in [-0.2, 0) is 10.2 Å². The molecular formula is C10H11NO2. The molecule has 1 N–H and O–H groups in total. The number of carboxylic acids is 1. The Kier molecular flexibility index (Phi) is 1.62.